The molecule has 2 rings (SSSR count). The smallest absolute Gasteiger partial charge is 0.126 e. The molecule has 0 saturated carbocycles. The van der Waals surface area contributed by atoms with Crippen LogP contribution in [0.4, 0.5) is 5.82 Å². The second-order valence-electron chi connectivity index (χ2n) is 5.87. The third-order valence-electron chi connectivity index (χ3n) is 3.74. The summed E-state index contributed by atoms with van der Waals surface area (Å²) in [6.07, 6.45) is 5.86. The molecule has 1 aromatic heterocycles. The maximum Gasteiger partial charge on any atom is 0.126 e. The molecule has 3 heteroatoms. The van der Waals surface area contributed by atoms with Crippen molar-refractivity contribution in [1.29, 1.82) is 0 Å². The van der Waals surface area contributed by atoms with Crippen molar-refractivity contribution in [2.75, 3.05) is 18.8 Å². The van der Waals surface area contributed by atoms with Crippen molar-refractivity contribution in [3.05, 3.63) is 23.4 Å². The molecule has 0 aromatic carbocycles. The van der Waals surface area contributed by atoms with Gasteiger partial charge in [0.25, 0.3) is 0 Å². The first kappa shape index (κ1) is 13.3. The zero-order valence-electron chi connectivity index (χ0n) is 11.8. The van der Waals surface area contributed by atoms with Crippen LogP contribution in [-0.4, -0.2) is 23.0 Å². The summed E-state index contributed by atoms with van der Waals surface area (Å²) in [5.41, 5.74) is 8.24. The van der Waals surface area contributed by atoms with Gasteiger partial charge in [-0.1, -0.05) is 20.3 Å². The van der Waals surface area contributed by atoms with Gasteiger partial charge in [0.2, 0.25) is 0 Å². The summed E-state index contributed by atoms with van der Waals surface area (Å²) in [7, 11) is 0. The highest BCUT2D eigenvalue weighted by Gasteiger charge is 2.24. The number of anilines is 1. The summed E-state index contributed by atoms with van der Waals surface area (Å²) < 4.78 is 0. The predicted octanol–water partition coefficient (Wildman–Crippen LogP) is 3.16. The Labute approximate surface area is 110 Å². The monoisotopic (exact) mass is 247 g/mol. The lowest BCUT2D eigenvalue weighted by atomic mass is 9.94. The van der Waals surface area contributed by atoms with Gasteiger partial charge in [0.15, 0.2) is 0 Å². The Kier molecular flexibility index (Phi) is 4.23. The molecule has 1 saturated heterocycles. The highest BCUT2D eigenvalue weighted by Crippen LogP contribution is 2.31. The molecule has 2 N–H and O–H groups in total. The van der Waals surface area contributed by atoms with Crippen molar-refractivity contribution in [1.82, 2.24) is 9.88 Å². The van der Waals surface area contributed by atoms with Crippen molar-refractivity contribution < 1.29 is 0 Å². The molecule has 1 fully saturated rings. The zero-order chi connectivity index (χ0) is 13.1. The van der Waals surface area contributed by atoms with E-state index in [4.69, 9.17) is 5.73 Å². The minimum Gasteiger partial charge on any atom is -0.383 e. The highest BCUT2D eigenvalue weighted by molar-refractivity contribution is 5.40. The van der Waals surface area contributed by atoms with E-state index in [1.165, 1.54) is 37.9 Å². The predicted molar refractivity (Wildman–Crippen MR) is 76.4 cm³/mol. The third kappa shape index (κ3) is 3.02. The van der Waals surface area contributed by atoms with Gasteiger partial charge in [-0.05, 0) is 49.4 Å². The Bertz CT molecular complexity index is 401. The van der Waals surface area contributed by atoms with Crippen LogP contribution in [0.25, 0.3) is 0 Å². The van der Waals surface area contributed by atoms with E-state index in [0.29, 0.717) is 17.8 Å². The van der Waals surface area contributed by atoms with E-state index in [0.717, 1.165) is 5.56 Å². The van der Waals surface area contributed by atoms with Gasteiger partial charge in [-0.2, -0.15) is 0 Å². The topological polar surface area (TPSA) is 42.2 Å². The number of hydrogen-bond donors (Lipinski definition) is 1. The Morgan fingerprint density at radius 1 is 1.44 bits per heavy atom. The molecular formula is C15H25N3. The van der Waals surface area contributed by atoms with E-state index < -0.39 is 0 Å². The molecule has 18 heavy (non-hydrogen) atoms. The molecule has 3 nitrogen and oxygen atoms in total. The molecule has 0 amide bonds. The Morgan fingerprint density at radius 2 is 2.22 bits per heavy atom. The zero-order valence-corrected chi connectivity index (χ0v) is 11.8. The molecule has 0 bridgehead atoms. The van der Waals surface area contributed by atoms with Crippen LogP contribution in [-0.2, 0) is 0 Å². The average molecular weight is 247 g/mol. The largest absolute Gasteiger partial charge is 0.383 e. The number of aromatic nitrogens is 1. The molecule has 2 heterocycles. The summed E-state index contributed by atoms with van der Waals surface area (Å²) in [6, 6.07) is 2.75. The maximum absolute atomic E-state index is 5.81. The lowest BCUT2D eigenvalue weighted by Gasteiger charge is -2.37. The number of rotatable bonds is 3. The molecule has 1 aliphatic rings. The molecular weight excluding hydrogens is 222 g/mol. The molecule has 0 aliphatic carbocycles. The Hall–Kier alpha value is -1.09. The lowest BCUT2D eigenvalue weighted by molar-refractivity contribution is 0.132. The van der Waals surface area contributed by atoms with Crippen molar-refractivity contribution in [2.45, 2.75) is 46.1 Å². The van der Waals surface area contributed by atoms with Crippen LogP contribution in [0.1, 0.15) is 50.3 Å². The number of aryl methyl sites for hydroxylation is 1. The van der Waals surface area contributed by atoms with Crippen LogP contribution >= 0.6 is 0 Å². The van der Waals surface area contributed by atoms with Crippen LogP contribution < -0.4 is 5.73 Å². The molecule has 1 aromatic rings. The number of hydrogen-bond acceptors (Lipinski definition) is 3. The van der Waals surface area contributed by atoms with E-state index in [9.17, 15) is 0 Å². The van der Waals surface area contributed by atoms with Crippen LogP contribution in [0.3, 0.4) is 0 Å². The summed E-state index contributed by atoms with van der Waals surface area (Å²) in [6.45, 7) is 9.01. The van der Waals surface area contributed by atoms with E-state index in [2.05, 4.69) is 29.8 Å². The van der Waals surface area contributed by atoms with Crippen LogP contribution in [0.2, 0.25) is 0 Å². The summed E-state index contributed by atoms with van der Waals surface area (Å²) in [4.78, 5) is 6.93. The summed E-state index contributed by atoms with van der Waals surface area (Å²) in [5.74, 6) is 1.37. The van der Waals surface area contributed by atoms with Gasteiger partial charge in [0.05, 0.1) is 0 Å². The third-order valence-corrected chi connectivity index (χ3v) is 3.74. The van der Waals surface area contributed by atoms with Gasteiger partial charge in [0, 0.05) is 18.8 Å². The van der Waals surface area contributed by atoms with Crippen LogP contribution in [0, 0.1) is 12.8 Å². The Morgan fingerprint density at radius 3 is 2.89 bits per heavy atom. The number of nitrogens with two attached hydrogens (primary N) is 1. The second kappa shape index (κ2) is 5.70. The minimum absolute atomic E-state index is 0.535. The van der Waals surface area contributed by atoms with E-state index >= 15 is 0 Å². The first-order chi connectivity index (χ1) is 8.58. The molecule has 100 valence electrons. The standard InChI is InChI=1S/C15H25N3/c1-11(2)10-18-7-5-4-6-14(18)13-8-12(3)15(16)17-9-13/h8-9,11,14H,4-7,10H2,1-3H3,(H2,16,17). The number of nitrogen functional groups attached to an aromatic ring is 1. The first-order valence-corrected chi connectivity index (χ1v) is 7.04. The Balaban J connectivity index is 2.19. The van der Waals surface area contributed by atoms with Gasteiger partial charge in [-0.15, -0.1) is 0 Å². The van der Waals surface area contributed by atoms with Crippen LogP contribution in [0.5, 0.6) is 0 Å². The van der Waals surface area contributed by atoms with Crippen molar-refractivity contribution in [3.63, 3.8) is 0 Å². The first-order valence-electron chi connectivity index (χ1n) is 7.04. The highest BCUT2D eigenvalue weighted by atomic mass is 15.2. The molecule has 1 atom stereocenters. The van der Waals surface area contributed by atoms with Crippen molar-refractivity contribution in [3.8, 4) is 0 Å². The van der Waals surface area contributed by atoms with Gasteiger partial charge in [-0.3, -0.25) is 4.90 Å². The molecule has 0 spiro atoms. The average Bonchev–Trinajstić information content (AvgIpc) is 2.33. The molecule has 0 radical (unpaired) electrons. The van der Waals surface area contributed by atoms with Crippen LogP contribution in [0.15, 0.2) is 12.3 Å². The fourth-order valence-corrected chi connectivity index (χ4v) is 2.85. The number of likely N-dealkylation sites (tertiary alicyclic amines) is 1. The fraction of sp³-hybridized carbons (Fsp3) is 0.667. The number of nitrogens with zero attached hydrogens (tertiary/aromatic N) is 2. The normalized spacial score (nSPS) is 21.4. The SMILES string of the molecule is Cc1cc(C2CCCCN2CC(C)C)cnc1N. The van der Waals surface area contributed by atoms with Gasteiger partial charge >= 0.3 is 0 Å². The van der Waals surface area contributed by atoms with Gasteiger partial charge in [0.1, 0.15) is 5.82 Å². The summed E-state index contributed by atoms with van der Waals surface area (Å²) >= 11 is 0. The van der Waals surface area contributed by atoms with E-state index in [1.807, 2.05) is 13.1 Å². The minimum atomic E-state index is 0.535. The number of pyridine rings is 1. The maximum atomic E-state index is 5.81. The van der Waals surface area contributed by atoms with E-state index in [1.54, 1.807) is 0 Å². The molecule has 1 aliphatic heterocycles. The van der Waals surface area contributed by atoms with E-state index in [-0.39, 0.29) is 0 Å². The van der Waals surface area contributed by atoms with Gasteiger partial charge < -0.3 is 5.73 Å². The quantitative estimate of drug-likeness (QED) is 0.892. The van der Waals surface area contributed by atoms with Crippen molar-refractivity contribution in [2.24, 2.45) is 5.92 Å². The van der Waals surface area contributed by atoms with Crippen molar-refractivity contribution >= 4 is 5.82 Å². The van der Waals surface area contributed by atoms with Gasteiger partial charge in [-0.25, -0.2) is 4.98 Å². The number of piperidine rings is 1. The second-order valence-corrected chi connectivity index (χ2v) is 5.87. The fourth-order valence-electron chi connectivity index (χ4n) is 2.85. The summed E-state index contributed by atoms with van der Waals surface area (Å²) in [5, 5.41) is 0. The molecule has 1 unspecified atom stereocenters. The lowest BCUT2D eigenvalue weighted by Crippen LogP contribution is -2.36.